The van der Waals surface area contributed by atoms with Crippen LogP contribution in [0.15, 0.2) is 24.3 Å². The van der Waals surface area contributed by atoms with Gasteiger partial charge < -0.3 is 15.2 Å². The molecule has 0 aliphatic rings. The first-order valence-corrected chi connectivity index (χ1v) is 6.81. The fraction of sp³-hybridized carbons (Fsp3) is 0.562. The molecule has 0 radical (unpaired) electrons. The maximum absolute atomic E-state index is 11.6. The number of amides is 1. The number of carbonyl (C=O) groups excluding carboxylic acids is 1. The first-order chi connectivity index (χ1) is 9.14. The molecule has 4 nitrogen and oxygen atoms in total. The lowest BCUT2D eigenvalue weighted by Crippen LogP contribution is -2.32. The van der Waals surface area contributed by atoms with Crippen molar-refractivity contribution < 1.29 is 14.6 Å². The van der Waals surface area contributed by atoms with E-state index < -0.39 is 11.7 Å². The van der Waals surface area contributed by atoms with E-state index in [9.17, 15) is 9.90 Å². The van der Waals surface area contributed by atoms with Crippen molar-refractivity contribution >= 4 is 6.09 Å². The summed E-state index contributed by atoms with van der Waals surface area (Å²) in [4.78, 5) is 11.6. The molecule has 0 aliphatic carbocycles. The average molecular weight is 279 g/mol. The molecule has 1 rings (SSSR count). The molecule has 0 fully saturated rings. The molecule has 1 aromatic carbocycles. The van der Waals surface area contributed by atoms with Gasteiger partial charge >= 0.3 is 6.09 Å². The van der Waals surface area contributed by atoms with Crippen LogP contribution in [0, 0.1) is 0 Å². The Morgan fingerprint density at radius 3 is 2.45 bits per heavy atom. The highest BCUT2D eigenvalue weighted by Crippen LogP contribution is 2.23. The third-order valence-electron chi connectivity index (χ3n) is 2.94. The topological polar surface area (TPSA) is 58.6 Å². The maximum atomic E-state index is 11.6. The summed E-state index contributed by atoms with van der Waals surface area (Å²) in [5, 5.41) is 12.1. The molecule has 112 valence electrons. The molecule has 0 heterocycles. The molecule has 0 unspecified atom stereocenters. The molecule has 4 heteroatoms. The van der Waals surface area contributed by atoms with Crippen molar-refractivity contribution in [2.45, 2.75) is 52.2 Å². The summed E-state index contributed by atoms with van der Waals surface area (Å²) in [7, 11) is 0. The van der Waals surface area contributed by atoms with E-state index >= 15 is 0 Å². The number of hydrogen-bond acceptors (Lipinski definition) is 3. The predicted molar refractivity (Wildman–Crippen MR) is 79.6 cm³/mol. The fourth-order valence-corrected chi connectivity index (χ4v) is 1.68. The molecule has 0 aromatic heterocycles. The van der Waals surface area contributed by atoms with Crippen molar-refractivity contribution in [1.29, 1.82) is 0 Å². The Morgan fingerprint density at radius 1 is 1.25 bits per heavy atom. The van der Waals surface area contributed by atoms with Crippen molar-refractivity contribution in [3.63, 3.8) is 0 Å². The largest absolute Gasteiger partial charge is 0.444 e. The van der Waals surface area contributed by atoms with Crippen LogP contribution in [-0.4, -0.2) is 23.4 Å². The van der Waals surface area contributed by atoms with E-state index in [-0.39, 0.29) is 12.0 Å². The molecule has 0 aliphatic heterocycles. The van der Waals surface area contributed by atoms with Crippen molar-refractivity contribution in [2.75, 3.05) is 6.61 Å². The second-order valence-corrected chi connectivity index (χ2v) is 6.60. The normalized spacial score (nSPS) is 12.1. The maximum Gasteiger partial charge on any atom is 0.407 e. The molecule has 0 atom stereocenters. The molecular formula is C16H25NO3. The van der Waals surface area contributed by atoms with Gasteiger partial charge in [0.25, 0.3) is 0 Å². The van der Waals surface area contributed by atoms with Gasteiger partial charge in [-0.2, -0.15) is 0 Å². The molecule has 1 amide bonds. The highest BCUT2D eigenvalue weighted by Gasteiger charge is 2.20. The first kappa shape index (κ1) is 16.5. The lowest BCUT2D eigenvalue weighted by atomic mass is 9.85. The summed E-state index contributed by atoms with van der Waals surface area (Å²) in [6.07, 6.45) is -0.427. The zero-order chi connectivity index (χ0) is 15.4. The lowest BCUT2D eigenvalue weighted by Gasteiger charge is -2.23. The highest BCUT2D eigenvalue weighted by atomic mass is 16.6. The van der Waals surface area contributed by atoms with Gasteiger partial charge in [0.2, 0.25) is 0 Å². The van der Waals surface area contributed by atoms with Gasteiger partial charge in [-0.05, 0) is 31.9 Å². The van der Waals surface area contributed by atoms with Gasteiger partial charge in [0.05, 0.1) is 6.61 Å². The molecule has 0 saturated carbocycles. The summed E-state index contributed by atoms with van der Waals surface area (Å²) in [6, 6.07) is 7.84. The zero-order valence-electron chi connectivity index (χ0n) is 13.0. The van der Waals surface area contributed by atoms with Crippen molar-refractivity contribution in [3.05, 3.63) is 35.4 Å². The number of alkyl carbamates (subject to hydrolysis) is 1. The Labute approximate surface area is 121 Å². The Balaban J connectivity index is 2.66. The zero-order valence-corrected chi connectivity index (χ0v) is 13.0. The minimum Gasteiger partial charge on any atom is -0.444 e. The van der Waals surface area contributed by atoms with Crippen molar-refractivity contribution in [2.24, 2.45) is 0 Å². The number of rotatable bonds is 4. The third-order valence-corrected chi connectivity index (χ3v) is 2.94. The molecule has 0 spiro atoms. The summed E-state index contributed by atoms with van der Waals surface area (Å²) in [5.41, 5.74) is 1.24. The average Bonchev–Trinajstić information content (AvgIpc) is 2.35. The van der Waals surface area contributed by atoms with E-state index in [1.807, 2.05) is 58.9 Å². The summed E-state index contributed by atoms with van der Waals surface area (Å²) < 4.78 is 5.19. The molecule has 0 saturated heterocycles. The number of nitrogens with one attached hydrogen (secondary N) is 1. The number of aliphatic hydroxyl groups excluding tert-OH is 1. The van der Waals surface area contributed by atoms with Crippen LogP contribution in [0.25, 0.3) is 0 Å². The molecule has 0 bridgehead atoms. The first-order valence-electron chi connectivity index (χ1n) is 6.81. The summed E-state index contributed by atoms with van der Waals surface area (Å²) in [6.45, 7) is 9.94. The Morgan fingerprint density at radius 2 is 1.90 bits per heavy atom. The third kappa shape index (κ3) is 5.21. The van der Waals surface area contributed by atoms with E-state index in [4.69, 9.17) is 4.74 Å². The molecule has 2 N–H and O–H groups in total. The standard InChI is InChI=1S/C16H25NO3/c1-15(2,3)20-14(19)17-10-12-7-6-8-13(9-12)16(4,5)11-18/h6-9,18H,10-11H2,1-5H3,(H,17,19). The summed E-state index contributed by atoms with van der Waals surface area (Å²) >= 11 is 0. The van der Waals surface area contributed by atoms with Crippen LogP contribution in [-0.2, 0) is 16.7 Å². The van der Waals surface area contributed by atoms with Gasteiger partial charge in [0, 0.05) is 12.0 Å². The van der Waals surface area contributed by atoms with Gasteiger partial charge in [-0.3, -0.25) is 0 Å². The van der Waals surface area contributed by atoms with Crippen molar-refractivity contribution in [3.8, 4) is 0 Å². The number of benzene rings is 1. The van der Waals surface area contributed by atoms with E-state index in [1.165, 1.54) is 0 Å². The van der Waals surface area contributed by atoms with Gasteiger partial charge in [-0.1, -0.05) is 38.1 Å². The van der Waals surface area contributed by atoms with Gasteiger partial charge in [-0.25, -0.2) is 4.79 Å². The molecular weight excluding hydrogens is 254 g/mol. The Hall–Kier alpha value is -1.55. The van der Waals surface area contributed by atoms with Gasteiger partial charge in [-0.15, -0.1) is 0 Å². The Kier molecular flexibility index (Phi) is 5.17. The number of aliphatic hydroxyl groups is 1. The second kappa shape index (κ2) is 6.27. The SMILES string of the molecule is CC(C)(C)OC(=O)NCc1cccc(C(C)(C)CO)c1. The minimum atomic E-state index is -0.495. The number of carbonyl (C=O) groups is 1. The second-order valence-electron chi connectivity index (χ2n) is 6.60. The lowest BCUT2D eigenvalue weighted by molar-refractivity contribution is 0.0523. The van der Waals surface area contributed by atoms with Crippen LogP contribution in [0.2, 0.25) is 0 Å². The van der Waals surface area contributed by atoms with E-state index in [2.05, 4.69) is 5.32 Å². The molecule has 1 aromatic rings. The van der Waals surface area contributed by atoms with Crippen molar-refractivity contribution in [1.82, 2.24) is 5.32 Å². The quantitative estimate of drug-likeness (QED) is 0.890. The number of ether oxygens (including phenoxy) is 1. The van der Waals surface area contributed by atoms with Crippen LogP contribution in [0.3, 0.4) is 0 Å². The van der Waals surface area contributed by atoms with Gasteiger partial charge in [0.15, 0.2) is 0 Å². The van der Waals surface area contributed by atoms with E-state index in [0.29, 0.717) is 6.54 Å². The van der Waals surface area contributed by atoms with Crippen LogP contribution in [0.4, 0.5) is 4.79 Å². The van der Waals surface area contributed by atoms with Crippen LogP contribution in [0.1, 0.15) is 45.7 Å². The number of hydrogen-bond donors (Lipinski definition) is 2. The van der Waals surface area contributed by atoms with Crippen LogP contribution >= 0.6 is 0 Å². The Bertz CT molecular complexity index is 461. The smallest absolute Gasteiger partial charge is 0.407 e. The molecule has 20 heavy (non-hydrogen) atoms. The van der Waals surface area contributed by atoms with Crippen LogP contribution in [0.5, 0.6) is 0 Å². The highest BCUT2D eigenvalue weighted by molar-refractivity contribution is 5.67. The predicted octanol–water partition coefficient (Wildman–Crippen LogP) is 2.98. The minimum absolute atomic E-state index is 0.0793. The van der Waals surface area contributed by atoms with E-state index in [1.54, 1.807) is 0 Å². The fourth-order valence-electron chi connectivity index (χ4n) is 1.68. The van der Waals surface area contributed by atoms with Crippen LogP contribution < -0.4 is 5.32 Å². The summed E-state index contributed by atoms with van der Waals surface area (Å²) in [5.74, 6) is 0. The van der Waals surface area contributed by atoms with E-state index in [0.717, 1.165) is 11.1 Å². The monoisotopic (exact) mass is 279 g/mol. The van der Waals surface area contributed by atoms with Gasteiger partial charge in [0.1, 0.15) is 5.60 Å².